The monoisotopic (exact) mass is 208 g/mol. The lowest BCUT2D eigenvalue weighted by Gasteiger charge is -2.09. The van der Waals surface area contributed by atoms with E-state index in [2.05, 4.69) is 0 Å². The molecule has 78 valence electrons. The van der Waals surface area contributed by atoms with Gasteiger partial charge in [0.1, 0.15) is 0 Å². The standard InChI is InChI=1S/C7H16N2O3S/c1-5(2)3-13(11,12)4-6(8)7(9)10/h5-6H,3-4,8H2,1-2H3,(H2,9,10). The van der Waals surface area contributed by atoms with E-state index in [0.29, 0.717) is 0 Å². The van der Waals surface area contributed by atoms with Gasteiger partial charge in [0.25, 0.3) is 0 Å². The van der Waals surface area contributed by atoms with Crippen LogP contribution in [0.5, 0.6) is 0 Å². The SMILES string of the molecule is CC(C)CS(=O)(=O)CC(N)C(N)=O. The Morgan fingerprint density at radius 2 is 1.77 bits per heavy atom. The molecule has 0 aliphatic rings. The second-order valence-corrected chi connectivity index (χ2v) is 5.63. The van der Waals surface area contributed by atoms with Crippen LogP contribution in [-0.4, -0.2) is 31.9 Å². The van der Waals surface area contributed by atoms with Gasteiger partial charge in [-0.05, 0) is 5.92 Å². The summed E-state index contributed by atoms with van der Waals surface area (Å²) in [6.45, 7) is 3.57. The smallest absolute Gasteiger partial charge is 0.235 e. The Bertz CT molecular complexity index is 271. The van der Waals surface area contributed by atoms with E-state index in [1.165, 1.54) is 0 Å². The molecule has 5 nitrogen and oxygen atoms in total. The van der Waals surface area contributed by atoms with E-state index in [0.717, 1.165) is 0 Å². The number of rotatable bonds is 5. The van der Waals surface area contributed by atoms with E-state index in [9.17, 15) is 13.2 Å². The summed E-state index contributed by atoms with van der Waals surface area (Å²) in [7, 11) is -3.25. The third-order valence-corrected chi connectivity index (χ3v) is 3.43. The highest BCUT2D eigenvalue weighted by atomic mass is 32.2. The lowest BCUT2D eigenvalue weighted by atomic mass is 10.3. The molecule has 4 N–H and O–H groups in total. The molecule has 0 saturated heterocycles. The zero-order valence-corrected chi connectivity index (χ0v) is 8.67. The van der Waals surface area contributed by atoms with Gasteiger partial charge in [-0.3, -0.25) is 4.79 Å². The topological polar surface area (TPSA) is 103 Å². The molecule has 0 bridgehead atoms. The van der Waals surface area contributed by atoms with Gasteiger partial charge in [0.15, 0.2) is 9.84 Å². The molecule has 6 heteroatoms. The largest absolute Gasteiger partial charge is 0.368 e. The summed E-state index contributed by atoms with van der Waals surface area (Å²) in [5, 5.41) is 0. The van der Waals surface area contributed by atoms with Crippen molar-refractivity contribution >= 4 is 15.7 Å². The van der Waals surface area contributed by atoms with Crippen LogP contribution < -0.4 is 11.5 Å². The van der Waals surface area contributed by atoms with E-state index in [-0.39, 0.29) is 17.4 Å². The zero-order chi connectivity index (χ0) is 10.6. The van der Waals surface area contributed by atoms with Crippen molar-refractivity contribution in [2.45, 2.75) is 19.9 Å². The normalized spacial score (nSPS) is 14.5. The molecule has 0 spiro atoms. The van der Waals surface area contributed by atoms with Crippen molar-refractivity contribution in [1.29, 1.82) is 0 Å². The molecule has 0 fully saturated rings. The molecular formula is C7H16N2O3S. The minimum Gasteiger partial charge on any atom is -0.368 e. The summed E-state index contributed by atoms with van der Waals surface area (Å²) in [6.07, 6.45) is 0. The number of hydrogen-bond acceptors (Lipinski definition) is 4. The van der Waals surface area contributed by atoms with Crippen LogP contribution in [0.3, 0.4) is 0 Å². The molecule has 0 aliphatic heterocycles. The molecule has 13 heavy (non-hydrogen) atoms. The average molecular weight is 208 g/mol. The fraction of sp³-hybridized carbons (Fsp3) is 0.857. The fourth-order valence-corrected chi connectivity index (χ4v) is 2.79. The van der Waals surface area contributed by atoms with E-state index in [4.69, 9.17) is 11.5 Å². The molecule has 1 amide bonds. The summed E-state index contributed by atoms with van der Waals surface area (Å²) < 4.78 is 22.5. The molecule has 0 aromatic rings. The number of carbonyl (C=O) groups is 1. The van der Waals surface area contributed by atoms with Crippen molar-refractivity contribution < 1.29 is 13.2 Å². The minimum atomic E-state index is -3.25. The molecule has 1 atom stereocenters. The first-order chi connectivity index (χ1) is 5.74. The second-order valence-electron chi connectivity index (χ2n) is 3.48. The quantitative estimate of drug-likeness (QED) is 0.596. The molecule has 0 aromatic carbocycles. The number of primary amides is 1. The highest BCUT2D eigenvalue weighted by Crippen LogP contribution is 2.01. The Kier molecular flexibility index (Phi) is 4.35. The lowest BCUT2D eigenvalue weighted by molar-refractivity contribution is -0.118. The zero-order valence-electron chi connectivity index (χ0n) is 7.86. The van der Waals surface area contributed by atoms with Crippen LogP contribution in [0.4, 0.5) is 0 Å². The molecule has 0 radical (unpaired) electrons. The van der Waals surface area contributed by atoms with Gasteiger partial charge in [-0.2, -0.15) is 0 Å². The third-order valence-electron chi connectivity index (χ3n) is 1.39. The van der Waals surface area contributed by atoms with Gasteiger partial charge < -0.3 is 11.5 Å². The van der Waals surface area contributed by atoms with Crippen LogP contribution in [0.25, 0.3) is 0 Å². The maximum absolute atomic E-state index is 11.3. The summed E-state index contributed by atoms with van der Waals surface area (Å²) in [5.74, 6) is -1.08. The maximum Gasteiger partial charge on any atom is 0.235 e. The Labute approximate surface area is 78.4 Å². The first kappa shape index (κ1) is 12.4. The molecule has 0 saturated carbocycles. The molecular weight excluding hydrogens is 192 g/mol. The number of sulfone groups is 1. The van der Waals surface area contributed by atoms with Crippen molar-refractivity contribution in [3.63, 3.8) is 0 Å². The van der Waals surface area contributed by atoms with Crippen molar-refractivity contribution in [1.82, 2.24) is 0 Å². The van der Waals surface area contributed by atoms with Crippen LogP contribution in [0.1, 0.15) is 13.8 Å². The number of carbonyl (C=O) groups excluding carboxylic acids is 1. The highest BCUT2D eigenvalue weighted by molar-refractivity contribution is 7.91. The van der Waals surface area contributed by atoms with Crippen LogP contribution >= 0.6 is 0 Å². The third kappa shape index (κ3) is 5.59. The van der Waals surface area contributed by atoms with Gasteiger partial charge in [0.05, 0.1) is 17.5 Å². The fourth-order valence-electron chi connectivity index (χ4n) is 0.932. The predicted molar refractivity (Wildman–Crippen MR) is 50.7 cm³/mol. The number of amides is 1. The van der Waals surface area contributed by atoms with Gasteiger partial charge in [0, 0.05) is 0 Å². The number of nitrogens with two attached hydrogens (primary N) is 2. The van der Waals surface area contributed by atoms with Gasteiger partial charge in [0.2, 0.25) is 5.91 Å². The highest BCUT2D eigenvalue weighted by Gasteiger charge is 2.20. The molecule has 0 rings (SSSR count). The molecule has 1 unspecified atom stereocenters. The maximum atomic E-state index is 11.3. The first-order valence-electron chi connectivity index (χ1n) is 4.00. The van der Waals surface area contributed by atoms with Gasteiger partial charge in [-0.1, -0.05) is 13.8 Å². The van der Waals surface area contributed by atoms with E-state index in [1.54, 1.807) is 13.8 Å². The predicted octanol–water partition coefficient (Wildman–Crippen LogP) is -1.13. The summed E-state index contributed by atoms with van der Waals surface area (Å²) >= 11 is 0. The Morgan fingerprint density at radius 3 is 2.08 bits per heavy atom. The van der Waals surface area contributed by atoms with Crippen molar-refractivity contribution in [3.8, 4) is 0 Å². The van der Waals surface area contributed by atoms with Crippen LogP contribution in [0.2, 0.25) is 0 Å². The van der Waals surface area contributed by atoms with Crippen LogP contribution in [0.15, 0.2) is 0 Å². The Balaban J connectivity index is 4.27. The van der Waals surface area contributed by atoms with Crippen molar-refractivity contribution in [3.05, 3.63) is 0 Å². The Hall–Kier alpha value is -0.620. The van der Waals surface area contributed by atoms with Crippen molar-refractivity contribution in [2.75, 3.05) is 11.5 Å². The Morgan fingerprint density at radius 1 is 1.31 bits per heavy atom. The second kappa shape index (κ2) is 4.57. The lowest BCUT2D eigenvalue weighted by Crippen LogP contribution is -2.42. The summed E-state index contributed by atoms with van der Waals surface area (Å²) in [5.41, 5.74) is 10.1. The van der Waals surface area contributed by atoms with Crippen molar-refractivity contribution in [2.24, 2.45) is 17.4 Å². The molecule has 0 aliphatic carbocycles. The van der Waals surface area contributed by atoms with Gasteiger partial charge in [-0.15, -0.1) is 0 Å². The van der Waals surface area contributed by atoms with E-state index < -0.39 is 21.8 Å². The number of hydrogen-bond donors (Lipinski definition) is 2. The molecule has 0 aromatic heterocycles. The van der Waals surface area contributed by atoms with E-state index in [1.807, 2.05) is 0 Å². The summed E-state index contributed by atoms with van der Waals surface area (Å²) in [6, 6.07) is -1.09. The van der Waals surface area contributed by atoms with Gasteiger partial charge >= 0.3 is 0 Å². The molecule has 0 heterocycles. The minimum absolute atomic E-state index is 0.0325. The van der Waals surface area contributed by atoms with Gasteiger partial charge in [-0.25, -0.2) is 8.42 Å². The summed E-state index contributed by atoms with van der Waals surface area (Å²) in [4.78, 5) is 10.5. The van der Waals surface area contributed by atoms with Crippen LogP contribution in [0, 0.1) is 5.92 Å². The average Bonchev–Trinajstić information content (AvgIpc) is 1.81. The van der Waals surface area contributed by atoms with E-state index >= 15 is 0 Å². The van der Waals surface area contributed by atoms with Crippen LogP contribution in [-0.2, 0) is 14.6 Å². The first-order valence-corrected chi connectivity index (χ1v) is 5.82.